The summed E-state index contributed by atoms with van der Waals surface area (Å²) >= 11 is 0. The summed E-state index contributed by atoms with van der Waals surface area (Å²) in [6.07, 6.45) is -0.145. The average molecular weight is 287 g/mol. The fraction of sp³-hybridized carbons (Fsp3) is 0.500. The van der Waals surface area contributed by atoms with Gasteiger partial charge >= 0.3 is 12.3 Å². The molecule has 0 radical (unpaired) electrons. The molecule has 1 aromatic carbocycles. The lowest BCUT2D eigenvalue weighted by Gasteiger charge is -2.21. The third-order valence-electron chi connectivity index (χ3n) is 3.28. The molecule has 1 aromatic rings. The largest absolute Gasteiger partial charge is 0.446 e. The summed E-state index contributed by atoms with van der Waals surface area (Å²) in [6, 6.07) is 4.28. The molecule has 0 bridgehead atoms. The second kappa shape index (κ2) is 6.15. The van der Waals surface area contributed by atoms with Crippen molar-refractivity contribution in [3.05, 3.63) is 29.8 Å². The van der Waals surface area contributed by atoms with Crippen molar-refractivity contribution in [3.63, 3.8) is 0 Å². The SMILES string of the molecule is O=C(Nc1ccc(C(F)(F)F)cc1)OC1CCCCC1. The van der Waals surface area contributed by atoms with Crippen LogP contribution in [0.15, 0.2) is 24.3 Å². The molecule has 0 spiro atoms. The van der Waals surface area contributed by atoms with E-state index in [2.05, 4.69) is 5.32 Å². The molecule has 0 unspecified atom stereocenters. The number of hydrogen-bond acceptors (Lipinski definition) is 2. The Bertz CT molecular complexity index is 450. The molecular weight excluding hydrogens is 271 g/mol. The number of nitrogens with one attached hydrogen (secondary N) is 1. The van der Waals surface area contributed by atoms with Crippen LogP contribution in [-0.2, 0) is 10.9 Å². The van der Waals surface area contributed by atoms with Gasteiger partial charge in [-0.15, -0.1) is 0 Å². The van der Waals surface area contributed by atoms with E-state index in [4.69, 9.17) is 4.74 Å². The van der Waals surface area contributed by atoms with E-state index < -0.39 is 17.8 Å². The van der Waals surface area contributed by atoms with Crippen molar-refractivity contribution in [2.45, 2.75) is 44.4 Å². The number of rotatable bonds is 2. The summed E-state index contributed by atoms with van der Waals surface area (Å²) < 4.78 is 42.4. The van der Waals surface area contributed by atoms with Gasteiger partial charge in [0.2, 0.25) is 0 Å². The van der Waals surface area contributed by atoms with Crippen LogP contribution in [0.3, 0.4) is 0 Å². The molecule has 1 aliphatic carbocycles. The first kappa shape index (κ1) is 14.7. The molecule has 1 amide bonds. The minimum atomic E-state index is -4.37. The van der Waals surface area contributed by atoms with Gasteiger partial charge in [0, 0.05) is 5.69 Å². The average Bonchev–Trinajstić information content (AvgIpc) is 2.39. The summed E-state index contributed by atoms with van der Waals surface area (Å²) in [5.74, 6) is 0. The van der Waals surface area contributed by atoms with Crippen molar-refractivity contribution in [3.8, 4) is 0 Å². The number of amides is 1. The fourth-order valence-electron chi connectivity index (χ4n) is 2.22. The highest BCUT2D eigenvalue weighted by Crippen LogP contribution is 2.30. The Labute approximate surface area is 115 Å². The highest BCUT2D eigenvalue weighted by molar-refractivity contribution is 5.84. The zero-order chi connectivity index (χ0) is 14.6. The summed E-state index contributed by atoms with van der Waals surface area (Å²) in [4.78, 5) is 11.6. The number of anilines is 1. The van der Waals surface area contributed by atoms with Crippen LogP contribution in [0.25, 0.3) is 0 Å². The standard InChI is InChI=1S/C14H16F3NO2/c15-14(16,17)10-6-8-11(9-7-10)18-13(19)20-12-4-2-1-3-5-12/h6-9,12H,1-5H2,(H,18,19). The van der Waals surface area contributed by atoms with E-state index in [-0.39, 0.29) is 6.10 Å². The van der Waals surface area contributed by atoms with Crippen LogP contribution in [0.4, 0.5) is 23.7 Å². The highest BCUT2D eigenvalue weighted by atomic mass is 19.4. The van der Waals surface area contributed by atoms with Gasteiger partial charge in [-0.2, -0.15) is 13.2 Å². The van der Waals surface area contributed by atoms with E-state index in [1.165, 1.54) is 12.1 Å². The van der Waals surface area contributed by atoms with Crippen LogP contribution < -0.4 is 5.32 Å². The molecule has 0 aliphatic heterocycles. The zero-order valence-electron chi connectivity index (χ0n) is 10.9. The Morgan fingerprint density at radius 2 is 1.70 bits per heavy atom. The lowest BCUT2D eigenvalue weighted by atomic mass is 9.98. The molecule has 3 nitrogen and oxygen atoms in total. The second-order valence-electron chi connectivity index (χ2n) is 4.87. The highest BCUT2D eigenvalue weighted by Gasteiger charge is 2.30. The first-order chi connectivity index (χ1) is 9.45. The van der Waals surface area contributed by atoms with E-state index >= 15 is 0 Å². The molecule has 1 saturated carbocycles. The van der Waals surface area contributed by atoms with Crippen molar-refractivity contribution in [2.75, 3.05) is 5.32 Å². The van der Waals surface area contributed by atoms with Crippen LogP contribution >= 0.6 is 0 Å². The molecular formula is C14H16F3NO2. The number of hydrogen-bond donors (Lipinski definition) is 1. The summed E-state index contributed by atoms with van der Waals surface area (Å²) in [5.41, 5.74) is -0.456. The second-order valence-corrected chi connectivity index (χ2v) is 4.87. The van der Waals surface area contributed by atoms with Gasteiger partial charge in [-0.3, -0.25) is 5.32 Å². The number of alkyl halides is 3. The monoisotopic (exact) mass is 287 g/mol. The Morgan fingerprint density at radius 1 is 1.10 bits per heavy atom. The van der Waals surface area contributed by atoms with Gasteiger partial charge in [-0.05, 0) is 49.9 Å². The maximum absolute atomic E-state index is 12.4. The van der Waals surface area contributed by atoms with Gasteiger partial charge in [-0.1, -0.05) is 6.42 Å². The summed E-state index contributed by atoms with van der Waals surface area (Å²) in [6.45, 7) is 0. The van der Waals surface area contributed by atoms with Gasteiger partial charge in [-0.25, -0.2) is 4.79 Å². The minimum Gasteiger partial charge on any atom is -0.446 e. The molecule has 1 aliphatic rings. The molecule has 0 saturated heterocycles. The van der Waals surface area contributed by atoms with Gasteiger partial charge in [0.25, 0.3) is 0 Å². The maximum atomic E-state index is 12.4. The lowest BCUT2D eigenvalue weighted by molar-refractivity contribution is -0.137. The summed E-state index contributed by atoms with van der Waals surface area (Å²) in [5, 5.41) is 2.44. The van der Waals surface area contributed by atoms with E-state index in [0.717, 1.165) is 44.2 Å². The number of benzene rings is 1. The zero-order valence-corrected chi connectivity index (χ0v) is 10.9. The molecule has 110 valence electrons. The van der Waals surface area contributed by atoms with Crippen LogP contribution in [0, 0.1) is 0 Å². The van der Waals surface area contributed by atoms with E-state index in [0.29, 0.717) is 5.69 Å². The molecule has 6 heteroatoms. The third-order valence-corrected chi connectivity index (χ3v) is 3.28. The molecule has 20 heavy (non-hydrogen) atoms. The van der Waals surface area contributed by atoms with Gasteiger partial charge in [0.15, 0.2) is 0 Å². The normalized spacial score (nSPS) is 16.8. The minimum absolute atomic E-state index is 0.0850. The lowest BCUT2D eigenvalue weighted by Crippen LogP contribution is -2.24. The van der Waals surface area contributed by atoms with Crippen molar-refractivity contribution in [2.24, 2.45) is 0 Å². The molecule has 0 aromatic heterocycles. The molecule has 1 fully saturated rings. The molecule has 2 rings (SSSR count). The predicted molar refractivity (Wildman–Crippen MR) is 68.4 cm³/mol. The third kappa shape index (κ3) is 4.15. The first-order valence-corrected chi connectivity index (χ1v) is 6.60. The molecule has 1 N–H and O–H groups in total. The Hall–Kier alpha value is -1.72. The number of halogens is 3. The Kier molecular flexibility index (Phi) is 4.52. The summed E-state index contributed by atoms with van der Waals surface area (Å²) in [7, 11) is 0. The number of ether oxygens (including phenoxy) is 1. The van der Waals surface area contributed by atoms with Gasteiger partial charge in [0.1, 0.15) is 6.10 Å². The van der Waals surface area contributed by atoms with E-state index in [9.17, 15) is 18.0 Å². The fourth-order valence-corrected chi connectivity index (χ4v) is 2.22. The predicted octanol–water partition coefficient (Wildman–Crippen LogP) is 4.59. The Morgan fingerprint density at radius 3 is 2.25 bits per heavy atom. The van der Waals surface area contributed by atoms with Gasteiger partial charge < -0.3 is 4.74 Å². The van der Waals surface area contributed by atoms with Crippen LogP contribution in [0.1, 0.15) is 37.7 Å². The van der Waals surface area contributed by atoms with Crippen molar-refractivity contribution in [1.82, 2.24) is 0 Å². The first-order valence-electron chi connectivity index (χ1n) is 6.60. The van der Waals surface area contributed by atoms with E-state index in [1.54, 1.807) is 0 Å². The topological polar surface area (TPSA) is 38.3 Å². The van der Waals surface area contributed by atoms with E-state index in [1.807, 2.05) is 0 Å². The van der Waals surface area contributed by atoms with Gasteiger partial charge in [0.05, 0.1) is 5.56 Å². The number of carbonyl (C=O) groups is 1. The Balaban J connectivity index is 1.87. The van der Waals surface area contributed by atoms with Crippen molar-refractivity contribution < 1.29 is 22.7 Å². The smallest absolute Gasteiger partial charge is 0.416 e. The molecule has 0 heterocycles. The number of carbonyl (C=O) groups excluding carboxylic acids is 1. The van der Waals surface area contributed by atoms with Crippen LogP contribution in [0.5, 0.6) is 0 Å². The van der Waals surface area contributed by atoms with Crippen molar-refractivity contribution >= 4 is 11.8 Å². The van der Waals surface area contributed by atoms with Crippen molar-refractivity contribution in [1.29, 1.82) is 0 Å². The quantitative estimate of drug-likeness (QED) is 0.864. The molecule has 0 atom stereocenters. The van der Waals surface area contributed by atoms with Crippen LogP contribution in [0.2, 0.25) is 0 Å². The maximum Gasteiger partial charge on any atom is 0.416 e. The van der Waals surface area contributed by atoms with Crippen LogP contribution in [-0.4, -0.2) is 12.2 Å².